The van der Waals surface area contributed by atoms with Crippen LogP contribution >= 0.6 is 22.9 Å². The second-order valence-electron chi connectivity index (χ2n) is 7.15. The number of piperidine rings is 1. The molecule has 0 saturated carbocycles. The Bertz CT molecular complexity index is 1010. The molecule has 154 valence electrons. The third kappa shape index (κ3) is 3.84. The Morgan fingerprint density at radius 3 is 2.62 bits per heavy atom. The van der Waals surface area contributed by atoms with Crippen molar-refractivity contribution in [1.29, 1.82) is 0 Å². The molecule has 0 radical (unpaired) electrons. The molecule has 0 spiro atoms. The highest BCUT2D eigenvalue weighted by Gasteiger charge is 2.34. The van der Waals surface area contributed by atoms with Crippen LogP contribution in [0.15, 0.2) is 24.3 Å². The van der Waals surface area contributed by atoms with Crippen LogP contribution in [0.3, 0.4) is 0 Å². The number of ether oxygens (including phenoxy) is 1. The van der Waals surface area contributed by atoms with Crippen LogP contribution in [0.25, 0.3) is 4.96 Å². The van der Waals surface area contributed by atoms with Crippen molar-refractivity contribution in [2.45, 2.75) is 32.2 Å². The van der Waals surface area contributed by atoms with Gasteiger partial charge in [0.15, 0.2) is 5.82 Å². The van der Waals surface area contributed by atoms with Gasteiger partial charge in [-0.2, -0.15) is 4.52 Å². The molecule has 1 fully saturated rings. The van der Waals surface area contributed by atoms with Crippen molar-refractivity contribution in [2.24, 2.45) is 5.92 Å². The molecule has 4 rings (SSSR count). The van der Waals surface area contributed by atoms with Crippen molar-refractivity contribution in [2.75, 3.05) is 20.2 Å². The number of hydrogen-bond donors (Lipinski definition) is 1. The highest BCUT2D eigenvalue weighted by atomic mass is 35.5. The summed E-state index contributed by atoms with van der Waals surface area (Å²) < 4.78 is 6.43. The Balaban J connectivity index is 1.70. The third-order valence-corrected chi connectivity index (χ3v) is 6.75. The van der Waals surface area contributed by atoms with Gasteiger partial charge in [-0.05, 0) is 43.6 Å². The lowest BCUT2D eigenvalue weighted by Crippen LogP contribution is -2.39. The van der Waals surface area contributed by atoms with E-state index >= 15 is 0 Å². The maximum absolute atomic E-state index is 11.9. The molecule has 1 aliphatic rings. The summed E-state index contributed by atoms with van der Waals surface area (Å²) in [6, 6.07) is 7.51. The van der Waals surface area contributed by atoms with Gasteiger partial charge in [0.2, 0.25) is 10.8 Å². The zero-order valence-electron chi connectivity index (χ0n) is 16.3. The quantitative estimate of drug-likeness (QED) is 0.617. The zero-order valence-corrected chi connectivity index (χ0v) is 17.9. The second-order valence-corrected chi connectivity index (χ2v) is 8.60. The minimum Gasteiger partial charge on any atom is -0.492 e. The fourth-order valence-corrected chi connectivity index (χ4v) is 5.11. The summed E-state index contributed by atoms with van der Waals surface area (Å²) in [4.78, 5) is 20.2. The summed E-state index contributed by atoms with van der Waals surface area (Å²) in [6.07, 6.45) is 2.15. The monoisotopic (exact) mass is 434 g/mol. The minimum atomic E-state index is -0.163. The number of thiazole rings is 1. The molecule has 1 atom stereocenters. The molecular weight excluding hydrogens is 412 g/mol. The average molecular weight is 435 g/mol. The summed E-state index contributed by atoms with van der Waals surface area (Å²) in [5, 5.41) is 16.0. The third-order valence-electron chi connectivity index (χ3n) is 5.42. The normalized spacial score (nSPS) is 16.9. The van der Waals surface area contributed by atoms with Crippen LogP contribution in [0.4, 0.5) is 0 Å². The van der Waals surface area contributed by atoms with Gasteiger partial charge in [0.05, 0.1) is 23.9 Å². The summed E-state index contributed by atoms with van der Waals surface area (Å²) in [6.45, 7) is 3.43. The molecule has 1 aromatic carbocycles. The molecule has 0 amide bonds. The van der Waals surface area contributed by atoms with Crippen molar-refractivity contribution >= 4 is 33.9 Å². The smallest absolute Gasteiger partial charge is 0.308 e. The van der Waals surface area contributed by atoms with Gasteiger partial charge in [0.1, 0.15) is 0 Å². The van der Waals surface area contributed by atoms with E-state index in [0.717, 1.165) is 36.4 Å². The number of methoxy groups -OCH3 is 1. The van der Waals surface area contributed by atoms with Gasteiger partial charge in [-0.1, -0.05) is 42.0 Å². The molecule has 9 heteroatoms. The zero-order chi connectivity index (χ0) is 20.5. The number of benzene rings is 1. The number of rotatable bonds is 5. The van der Waals surface area contributed by atoms with E-state index in [0.29, 0.717) is 22.2 Å². The Kier molecular flexibility index (Phi) is 5.76. The summed E-state index contributed by atoms with van der Waals surface area (Å²) in [5.74, 6) is 0.596. The van der Waals surface area contributed by atoms with Gasteiger partial charge in [0, 0.05) is 11.4 Å². The Labute approximate surface area is 177 Å². The van der Waals surface area contributed by atoms with Crippen molar-refractivity contribution < 1.29 is 14.6 Å². The van der Waals surface area contributed by atoms with Gasteiger partial charge in [-0.15, -0.1) is 5.10 Å². The van der Waals surface area contributed by atoms with Crippen molar-refractivity contribution in [3.05, 3.63) is 45.6 Å². The molecule has 1 saturated heterocycles. The largest absolute Gasteiger partial charge is 0.492 e. The lowest BCUT2D eigenvalue weighted by atomic mass is 9.94. The number of hydrogen-bond acceptors (Lipinski definition) is 7. The standard InChI is InChI=1S/C20H23ClN4O3S/c1-3-15-22-20-25(23-15)18(26)17(29-20)16(12-4-6-14(21)7-5-12)24-10-8-13(9-11-24)19(27)28-2/h4-7,13,16,26H,3,8-11H2,1-2H3. The van der Waals surface area contributed by atoms with E-state index in [9.17, 15) is 9.90 Å². The topological polar surface area (TPSA) is 80.0 Å². The van der Waals surface area contributed by atoms with Crippen LogP contribution in [-0.2, 0) is 16.0 Å². The highest BCUT2D eigenvalue weighted by Crippen LogP contribution is 2.41. The van der Waals surface area contributed by atoms with Gasteiger partial charge in [0.25, 0.3) is 0 Å². The van der Waals surface area contributed by atoms with Crippen LogP contribution < -0.4 is 0 Å². The van der Waals surface area contributed by atoms with Crippen molar-refractivity contribution in [1.82, 2.24) is 19.5 Å². The first-order valence-corrected chi connectivity index (χ1v) is 10.9. The molecule has 0 bridgehead atoms. The molecule has 7 nitrogen and oxygen atoms in total. The van der Waals surface area contributed by atoms with E-state index in [4.69, 9.17) is 16.3 Å². The van der Waals surface area contributed by atoms with Gasteiger partial charge in [-0.3, -0.25) is 9.69 Å². The molecular formula is C20H23ClN4O3S. The van der Waals surface area contributed by atoms with Crippen LogP contribution in [0, 0.1) is 5.92 Å². The molecule has 0 aliphatic carbocycles. The highest BCUT2D eigenvalue weighted by molar-refractivity contribution is 7.17. The summed E-state index contributed by atoms with van der Waals surface area (Å²) >= 11 is 7.54. The molecule has 3 heterocycles. The van der Waals surface area contributed by atoms with E-state index in [1.54, 1.807) is 0 Å². The van der Waals surface area contributed by atoms with Crippen LogP contribution in [0.1, 0.15) is 42.1 Å². The number of aromatic hydroxyl groups is 1. The van der Waals surface area contributed by atoms with Gasteiger partial charge >= 0.3 is 5.97 Å². The second kappa shape index (κ2) is 8.30. The molecule has 1 N–H and O–H groups in total. The number of carbonyl (C=O) groups excluding carboxylic acids is 1. The lowest BCUT2D eigenvalue weighted by Gasteiger charge is -2.36. The maximum Gasteiger partial charge on any atom is 0.308 e. The number of likely N-dealkylation sites (tertiary alicyclic amines) is 1. The Morgan fingerprint density at radius 1 is 1.34 bits per heavy atom. The first-order valence-electron chi connectivity index (χ1n) is 9.66. The first kappa shape index (κ1) is 20.1. The van der Waals surface area contributed by atoms with Crippen LogP contribution in [0.2, 0.25) is 5.02 Å². The Hall–Kier alpha value is -2.16. The van der Waals surface area contributed by atoms with Crippen LogP contribution in [-0.4, -0.2) is 50.8 Å². The number of halogens is 1. The minimum absolute atomic E-state index is 0.0786. The number of nitrogens with zero attached hydrogens (tertiary/aromatic N) is 4. The molecule has 29 heavy (non-hydrogen) atoms. The van der Waals surface area contributed by atoms with Crippen molar-refractivity contribution in [3.8, 4) is 5.88 Å². The summed E-state index contributed by atoms with van der Waals surface area (Å²) in [5.41, 5.74) is 1.03. The van der Waals surface area contributed by atoms with E-state index in [2.05, 4.69) is 15.0 Å². The molecule has 3 aromatic rings. The SMILES string of the molecule is CCc1nc2sc(C(c3ccc(Cl)cc3)N3CCC(C(=O)OC)CC3)c(O)n2n1. The predicted octanol–water partition coefficient (Wildman–Crippen LogP) is 3.69. The number of esters is 1. The number of aromatic nitrogens is 3. The molecule has 1 unspecified atom stereocenters. The molecule has 2 aromatic heterocycles. The predicted molar refractivity (Wildman–Crippen MR) is 112 cm³/mol. The van der Waals surface area contributed by atoms with Gasteiger partial charge in [-0.25, -0.2) is 4.98 Å². The first-order chi connectivity index (χ1) is 14.0. The average Bonchev–Trinajstić information content (AvgIpc) is 3.29. The summed E-state index contributed by atoms with van der Waals surface area (Å²) in [7, 11) is 1.43. The van der Waals surface area contributed by atoms with E-state index < -0.39 is 0 Å². The Morgan fingerprint density at radius 2 is 2.03 bits per heavy atom. The number of aryl methyl sites for hydroxylation is 1. The fourth-order valence-electron chi connectivity index (χ4n) is 3.85. The van der Waals surface area contributed by atoms with Crippen LogP contribution in [0.5, 0.6) is 5.88 Å². The van der Waals surface area contributed by atoms with Crippen molar-refractivity contribution in [3.63, 3.8) is 0 Å². The lowest BCUT2D eigenvalue weighted by molar-refractivity contribution is -0.147. The number of fused-ring (bicyclic) bond motifs is 1. The van der Waals surface area contributed by atoms with E-state index in [1.165, 1.54) is 23.0 Å². The molecule has 1 aliphatic heterocycles. The van der Waals surface area contributed by atoms with E-state index in [1.807, 2.05) is 31.2 Å². The van der Waals surface area contributed by atoms with E-state index in [-0.39, 0.29) is 23.8 Å². The number of carbonyl (C=O) groups is 1. The fraction of sp³-hybridized carbons (Fsp3) is 0.450. The van der Waals surface area contributed by atoms with Gasteiger partial charge < -0.3 is 9.84 Å². The maximum atomic E-state index is 11.9.